The van der Waals surface area contributed by atoms with E-state index in [4.69, 9.17) is 11.6 Å². The molecule has 156 valence electrons. The highest BCUT2D eigenvalue weighted by Gasteiger charge is 2.25. The normalized spacial score (nSPS) is 14.6. The SMILES string of the molecule is O=C(NCCNC(=O)C1CCN(c2ccc3nnnn3n2)CC1)c1ccc(Cl)cc1. The molecule has 0 bridgehead atoms. The van der Waals surface area contributed by atoms with Crippen molar-refractivity contribution in [1.82, 2.24) is 35.9 Å². The Balaban J connectivity index is 1.19. The molecule has 0 aliphatic carbocycles. The van der Waals surface area contributed by atoms with E-state index in [9.17, 15) is 9.59 Å². The van der Waals surface area contributed by atoms with Gasteiger partial charge < -0.3 is 15.5 Å². The van der Waals surface area contributed by atoms with Gasteiger partial charge in [0.05, 0.1) is 0 Å². The van der Waals surface area contributed by atoms with Gasteiger partial charge in [-0.1, -0.05) is 11.6 Å². The number of piperidine rings is 1. The van der Waals surface area contributed by atoms with Crippen LogP contribution in [0.5, 0.6) is 0 Å². The van der Waals surface area contributed by atoms with E-state index in [0.29, 0.717) is 29.3 Å². The number of aromatic nitrogens is 5. The molecule has 2 amide bonds. The molecule has 4 rings (SSSR count). The number of anilines is 1. The molecule has 0 radical (unpaired) electrons. The second-order valence-electron chi connectivity index (χ2n) is 7.03. The van der Waals surface area contributed by atoms with Gasteiger partial charge in [-0.15, -0.1) is 14.8 Å². The molecule has 2 N–H and O–H groups in total. The van der Waals surface area contributed by atoms with Crippen LogP contribution in [0.1, 0.15) is 23.2 Å². The zero-order chi connectivity index (χ0) is 20.9. The lowest BCUT2D eigenvalue weighted by atomic mass is 9.96. The van der Waals surface area contributed by atoms with Gasteiger partial charge in [0.15, 0.2) is 11.5 Å². The smallest absolute Gasteiger partial charge is 0.251 e. The van der Waals surface area contributed by atoms with E-state index in [2.05, 4.69) is 36.2 Å². The molecule has 30 heavy (non-hydrogen) atoms. The number of tetrazole rings is 1. The van der Waals surface area contributed by atoms with E-state index < -0.39 is 0 Å². The molecular formula is C19H21ClN8O2. The van der Waals surface area contributed by atoms with Crippen LogP contribution in [-0.2, 0) is 4.79 Å². The summed E-state index contributed by atoms with van der Waals surface area (Å²) in [6, 6.07) is 10.4. The van der Waals surface area contributed by atoms with E-state index >= 15 is 0 Å². The van der Waals surface area contributed by atoms with Gasteiger partial charge in [0, 0.05) is 42.7 Å². The number of fused-ring (bicyclic) bond motifs is 1. The fourth-order valence-corrected chi connectivity index (χ4v) is 3.52. The quantitative estimate of drug-likeness (QED) is 0.561. The highest BCUT2D eigenvalue weighted by Crippen LogP contribution is 2.21. The van der Waals surface area contributed by atoms with Gasteiger partial charge in [0.2, 0.25) is 5.91 Å². The van der Waals surface area contributed by atoms with Crippen LogP contribution in [-0.4, -0.2) is 63.2 Å². The van der Waals surface area contributed by atoms with E-state index in [-0.39, 0.29) is 17.7 Å². The van der Waals surface area contributed by atoms with E-state index in [0.717, 1.165) is 31.7 Å². The van der Waals surface area contributed by atoms with E-state index in [1.807, 2.05) is 12.1 Å². The number of amides is 2. The van der Waals surface area contributed by atoms with Crippen molar-refractivity contribution in [2.45, 2.75) is 12.8 Å². The number of nitrogens with zero attached hydrogens (tertiary/aromatic N) is 6. The summed E-state index contributed by atoms with van der Waals surface area (Å²) in [5, 5.41) is 21.9. The summed E-state index contributed by atoms with van der Waals surface area (Å²) in [4.78, 5) is 26.6. The molecule has 1 fully saturated rings. The Bertz CT molecular complexity index is 1030. The molecule has 3 heterocycles. The monoisotopic (exact) mass is 428 g/mol. The molecule has 1 aliphatic heterocycles. The first kappa shape index (κ1) is 20.0. The molecule has 0 atom stereocenters. The Labute approximate surface area is 177 Å². The zero-order valence-electron chi connectivity index (χ0n) is 16.2. The van der Waals surface area contributed by atoms with E-state index in [1.54, 1.807) is 24.3 Å². The summed E-state index contributed by atoms with van der Waals surface area (Å²) in [5.74, 6) is 0.559. The van der Waals surface area contributed by atoms with Crippen molar-refractivity contribution in [3.05, 3.63) is 47.0 Å². The van der Waals surface area contributed by atoms with Crippen LogP contribution in [0.4, 0.5) is 5.82 Å². The fourth-order valence-electron chi connectivity index (χ4n) is 3.39. The number of benzene rings is 1. The van der Waals surface area contributed by atoms with Crippen molar-refractivity contribution in [1.29, 1.82) is 0 Å². The third-order valence-electron chi connectivity index (χ3n) is 5.06. The molecule has 1 saturated heterocycles. The van der Waals surface area contributed by atoms with Crippen LogP contribution in [0.3, 0.4) is 0 Å². The van der Waals surface area contributed by atoms with Crippen LogP contribution in [0, 0.1) is 5.92 Å². The van der Waals surface area contributed by atoms with Gasteiger partial charge in [-0.2, -0.15) is 0 Å². The summed E-state index contributed by atoms with van der Waals surface area (Å²) in [7, 11) is 0. The molecule has 1 aromatic carbocycles. The minimum atomic E-state index is -0.193. The van der Waals surface area contributed by atoms with Gasteiger partial charge in [0.1, 0.15) is 0 Å². The molecule has 11 heteroatoms. The molecule has 0 unspecified atom stereocenters. The average Bonchev–Trinajstić information content (AvgIpc) is 3.25. The third-order valence-corrected chi connectivity index (χ3v) is 5.31. The average molecular weight is 429 g/mol. The molecule has 3 aromatic rings. The third kappa shape index (κ3) is 4.65. The lowest BCUT2D eigenvalue weighted by Crippen LogP contribution is -2.42. The van der Waals surface area contributed by atoms with Crippen LogP contribution in [0.15, 0.2) is 36.4 Å². The predicted molar refractivity (Wildman–Crippen MR) is 110 cm³/mol. The highest BCUT2D eigenvalue weighted by atomic mass is 35.5. The first-order valence-electron chi connectivity index (χ1n) is 9.72. The number of nitrogens with one attached hydrogen (secondary N) is 2. The van der Waals surface area contributed by atoms with Gasteiger partial charge in [0.25, 0.3) is 5.91 Å². The Kier molecular flexibility index (Phi) is 6.03. The summed E-state index contributed by atoms with van der Waals surface area (Å²) in [6.07, 6.45) is 1.47. The summed E-state index contributed by atoms with van der Waals surface area (Å²) >= 11 is 5.82. The maximum atomic E-state index is 12.4. The fraction of sp³-hybridized carbons (Fsp3) is 0.368. The standard InChI is InChI=1S/C19H21ClN8O2/c20-15-3-1-13(2-4-15)18(29)21-9-10-22-19(30)14-7-11-27(12-8-14)17-6-5-16-23-25-26-28(16)24-17/h1-6,14H,7-12H2,(H,21,29)(H,22,30). The van der Waals surface area contributed by atoms with Crippen molar-refractivity contribution in [2.75, 3.05) is 31.1 Å². The summed E-state index contributed by atoms with van der Waals surface area (Å²) in [5.41, 5.74) is 1.13. The Morgan fingerprint density at radius 3 is 2.53 bits per heavy atom. The second kappa shape index (κ2) is 9.04. The number of halogens is 1. The van der Waals surface area contributed by atoms with E-state index in [1.165, 1.54) is 4.63 Å². The summed E-state index contributed by atoms with van der Waals surface area (Å²) in [6.45, 7) is 2.20. The largest absolute Gasteiger partial charge is 0.355 e. The van der Waals surface area contributed by atoms with Crippen molar-refractivity contribution in [2.24, 2.45) is 5.92 Å². The first-order chi connectivity index (χ1) is 14.6. The van der Waals surface area contributed by atoms with Gasteiger partial charge in [-0.3, -0.25) is 9.59 Å². The predicted octanol–water partition coefficient (Wildman–Crippen LogP) is 0.935. The molecule has 0 saturated carbocycles. The lowest BCUT2D eigenvalue weighted by molar-refractivity contribution is -0.125. The van der Waals surface area contributed by atoms with Crippen molar-refractivity contribution >= 4 is 34.9 Å². The topological polar surface area (TPSA) is 117 Å². The minimum absolute atomic E-state index is 0.0132. The number of hydrogen-bond acceptors (Lipinski definition) is 7. The Morgan fingerprint density at radius 1 is 1.03 bits per heavy atom. The second-order valence-corrected chi connectivity index (χ2v) is 7.47. The minimum Gasteiger partial charge on any atom is -0.355 e. The van der Waals surface area contributed by atoms with Crippen LogP contribution in [0.25, 0.3) is 5.65 Å². The summed E-state index contributed by atoms with van der Waals surface area (Å²) < 4.78 is 1.40. The van der Waals surface area contributed by atoms with Crippen molar-refractivity contribution in [3.63, 3.8) is 0 Å². The number of rotatable bonds is 6. The molecule has 2 aromatic heterocycles. The maximum Gasteiger partial charge on any atom is 0.251 e. The number of carbonyl (C=O) groups excluding carboxylic acids is 2. The van der Waals surface area contributed by atoms with Gasteiger partial charge >= 0.3 is 0 Å². The number of carbonyl (C=O) groups is 2. The maximum absolute atomic E-state index is 12.4. The van der Waals surface area contributed by atoms with Crippen LogP contribution in [0.2, 0.25) is 5.02 Å². The van der Waals surface area contributed by atoms with Crippen LogP contribution < -0.4 is 15.5 Å². The molecule has 10 nitrogen and oxygen atoms in total. The van der Waals surface area contributed by atoms with Crippen LogP contribution >= 0.6 is 11.6 Å². The number of hydrogen-bond donors (Lipinski definition) is 2. The molecule has 1 aliphatic rings. The Hall–Kier alpha value is -3.27. The first-order valence-corrected chi connectivity index (χ1v) is 10.1. The molecule has 0 spiro atoms. The van der Waals surface area contributed by atoms with Gasteiger partial charge in [-0.25, -0.2) is 0 Å². The van der Waals surface area contributed by atoms with Gasteiger partial charge in [-0.05, 0) is 59.7 Å². The van der Waals surface area contributed by atoms with Crippen molar-refractivity contribution in [3.8, 4) is 0 Å². The zero-order valence-corrected chi connectivity index (χ0v) is 16.9. The molecular weight excluding hydrogens is 408 g/mol. The lowest BCUT2D eigenvalue weighted by Gasteiger charge is -2.31. The highest BCUT2D eigenvalue weighted by molar-refractivity contribution is 6.30. The Morgan fingerprint density at radius 2 is 1.77 bits per heavy atom. The van der Waals surface area contributed by atoms with Crippen molar-refractivity contribution < 1.29 is 9.59 Å².